The molecule has 6 heteroatoms. The molecule has 0 aliphatic rings. The molecule has 0 radical (unpaired) electrons. The van der Waals surface area contributed by atoms with Gasteiger partial charge < -0.3 is 16.0 Å². The number of hydrogen-bond donors (Lipinski definition) is 2. The predicted octanol–water partition coefficient (Wildman–Crippen LogP) is 0.574. The van der Waals surface area contributed by atoms with Crippen LogP contribution in [0.2, 0.25) is 0 Å². The lowest BCUT2D eigenvalue weighted by molar-refractivity contribution is 0.0995. The molecule has 18 heavy (non-hydrogen) atoms. The molecule has 0 aliphatic carbocycles. The number of hydrogen-bond acceptors (Lipinski definition) is 5. The van der Waals surface area contributed by atoms with Gasteiger partial charge in [-0.25, -0.2) is 4.98 Å². The van der Waals surface area contributed by atoms with Crippen molar-refractivity contribution in [1.82, 2.24) is 14.9 Å². The number of aromatic nitrogens is 2. The Labute approximate surface area is 108 Å². The third kappa shape index (κ3) is 3.96. The molecular weight excluding hydrogens is 230 g/mol. The van der Waals surface area contributed by atoms with E-state index in [-0.39, 0.29) is 5.69 Å². The zero-order valence-corrected chi connectivity index (χ0v) is 11.3. The van der Waals surface area contributed by atoms with E-state index < -0.39 is 5.91 Å². The lowest BCUT2D eigenvalue weighted by Crippen LogP contribution is -2.38. The SMILES string of the molecule is CC(C)[C@H](CNc1cncc(C(N)=O)n1)N(C)C. The Hall–Kier alpha value is -1.69. The zero-order chi connectivity index (χ0) is 13.7. The highest BCUT2D eigenvalue weighted by Crippen LogP contribution is 2.09. The second-order valence-corrected chi connectivity index (χ2v) is 4.81. The Morgan fingerprint density at radius 2 is 2.11 bits per heavy atom. The van der Waals surface area contributed by atoms with Crippen LogP contribution in [-0.2, 0) is 0 Å². The highest BCUT2D eigenvalue weighted by atomic mass is 16.1. The molecule has 0 fully saturated rings. The molecule has 0 saturated carbocycles. The van der Waals surface area contributed by atoms with Gasteiger partial charge in [-0.2, -0.15) is 0 Å². The second kappa shape index (κ2) is 6.30. The largest absolute Gasteiger partial charge is 0.367 e. The smallest absolute Gasteiger partial charge is 0.268 e. The minimum atomic E-state index is -0.570. The highest BCUT2D eigenvalue weighted by Gasteiger charge is 2.15. The fourth-order valence-corrected chi connectivity index (χ4v) is 1.79. The molecule has 0 aliphatic heterocycles. The van der Waals surface area contributed by atoms with E-state index in [0.29, 0.717) is 17.8 Å². The number of likely N-dealkylation sites (N-methyl/N-ethyl adjacent to an activating group) is 1. The minimum absolute atomic E-state index is 0.172. The number of nitrogens with two attached hydrogens (primary N) is 1. The number of rotatable bonds is 6. The van der Waals surface area contributed by atoms with Crippen molar-refractivity contribution in [2.75, 3.05) is 26.0 Å². The van der Waals surface area contributed by atoms with Crippen LogP contribution in [0.15, 0.2) is 12.4 Å². The molecule has 1 aromatic heterocycles. The first-order valence-electron chi connectivity index (χ1n) is 5.94. The summed E-state index contributed by atoms with van der Waals surface area (Å²) in [5.74, 6) is 0.512. The molecule has 0 bridgehead atoms. The van der Waals surface area contributed by atoms with E-state index in [4.69, 9.17) is 5.73 Å². The normalized spacial score (nSPS) is 12.8. The molecule has 0 aromatic carbocycles. The maximum atomic E-state index is 11.0. The Morgan fingerprint density at radius 3 is 2.61 bits per heavy atom. The van der Waals surface area contributed by atoms with Crippen molar-refractivity contribution in [2.45, 2.75) is 19.9 Å². The first-order chi connectivity index (χ1) is 8.41. The lowest BCUT2D eigenvalue weighted by atomic mass is 10.0. The van der Waals surface area contributed by atoms with Gasteiger partial charge in [0.2, 0.25) is 0 Å². The summed E-state index contributed by atoms with van der Waals surface area (Å²) >= 11 is 0. The molecule has 3 N–H and O–H groups in total. The molecule has 0 spiro atoms. The molecule has 1 rings (SSSR count). The monoisotopic (exact) mass is 251 g/mol. The third-order valence-electron chi connectivity index (χ3n) is 2.81. The molecule has 1 amide bonds. The van der Waals surface area contributed by atoms with Crippen molar-refractivity contribution in [3.63, 3.8) is 0 Å². The van der Waals surface area contributed by atoms with Crippen LogP contribution in [0.4, 0.5) is 5.82 Å². The highest BCUT2D eigenvalue weighted by molar-refractivity contribution is 5.90. The Bertz CT molecular complexity index is 397. The van der Waals surface area contributed by atoms with Gasteiger partial charge in [0, 0.05) is 12.6 Å². The van der Waals surface area contributed by atoms with E-state index in [2.05, 4.69) is 34.0 Å². The van der Waals surface area contributed by atoms with Crippen molar-refractivity contribution < 1.29 is 4.79 Å². The summed E-state index contributed by atoms with van der Waals surface area (Å²) in [6.07, 6.45) is 2.94. The number of nitrogens with zero attached hydrogens (tertiary/aromatic N) is 3. The van der Waals surface area contributed by atoms with Gasteiger partial charge in [-0.15, -0.1) is 0 Å². The van der Waals surface area contributed by atoms with Crippen molar-refractivity contribution in [1.29, 1.82) is 0 Å². The van der Waals surface area contributed by atoms with Gasteiger partial charge in [0.15, 0.2) is 0 Å². The van der Waals surface area contributed by atoms with Crippen molar-refractivity contribution in [3.8, 4) is 0 Å². The summed E-state index contributed by atoms with van der Waals surface area (Å²) in [4.78, 5) is 21.2. The molecule has 1 aromatic rings. The van der Waals surface area contributed by atoms with E-state index in [1.54, 1.807) is 6.20 Å². The van der Waals surface area contributed by atoms with Crippen LogP contribution in [0.1, 0.15) is 24.3 Å². The molecular formula is C12H21N5O. The van der Waals surface area contributed by atoms with E-state index in [1.165, 1.54) is 6.20 Å². The van der Waals surface area contributed by atoms with Crippen molar-refractivity contribution >= 4 is 11.7 Å². The van der Waals surface area contributed by atoms with Gasteiger partial charge in [0.05, 0.1) is 12.4 Å². The summed E-state index contributed by atoms with van der Waals surface area (Å²) < 4.78 is 0. The summed E-state index contributed by atoms with van der Waals surface area (Å²) in [6.45, 7) is 5.07. The standard InChI is InChI=1S/C12H21N5O/c1-8(2)10(17(3)4)6-15-11-7-14-5-9(16-11)12(13)18/h5,7-8,10H,6H2,1-4H3,(H2,13,18)(H,15,16)/t10-/m0/s1. The van der Waals surface area contributed by atoms with Crippen LogP contribution < -0.4 is 11.1 Å². The Morgan fingerprint density at radius 1 is 1.44 bits per heavy atom. The quantitative estimate of drug-likeness (QED) is 0.772. The Balaban J connectivity index is 2.67. The first kappa shape index (κ1) is 14.4. The van der Waals surface area contributed by atoms with E-state index in [9.17, 15) is 4.79 Å². The summed E-state index contributed by atoms with van der Waals surface area (Å²) in [5.41, 5.74) is 5.33. The van der Waals surface area contributed by atoms with E-state index in [1.807, 2.05) is 14.1 Å². The summed E-state index contributed by atoms with van der Waals surface area (Å²) in [6, 6.07) is 0.379. The van der Waals surface area contributed by atoms with Crippen LogP contribution in [0.5, 0.6) is 0 Å². The average molecular weight is 251 g/mol. The van der Waals surface area contributed by atoms with Crippen molar-refractivity contribution in [3.05, 3.63) is 18.1 Å². The minimum Gasteiger partial charge on any atom is -0.367 e. The van der Waals surface area contributed by atoms with Crippen LogP contribution in [0.25, 0.3) is 0 Å². The molecule has 0 saturated heterocycles. The van der Waals surface area contributed by atoms with Gasteiger partial charge in [-0.05, 0) is 20.0 Å². The van der Waals surface area contributed by atoms with Gasteiger partial charge in [-0.1, -0.05) is 13.8 Å². The third-order valence-corrected chi connectivity index (χ3v) is 2.81. The summed E-state index contributed by atoms with van der Waals surface area (Å²) in [5, 5.41) is 3.18. The van der Waals surface area contributed by atoms with Gasteiger partial charge >= 0.3 is 0 Å². The maximum Gasteiger partial charge on any atom is 0.268 e. The fraction of sp³-hybridized carbons (Fsp3) is 0.583. The number of amides is 1. The predicted molar refractivity (Wildman–Crippen MR) is 71.4 cm³/mol. The maximum absolute atomic E-state index is 11.0. The topological polar surface area (TPSA) is 84.1 Å². The average Bonchev–Trinajstić information content (AvgIpc) is 2.28. The fourth-order valence-electron chi connectivity index (χ4n) is 1.79. The molecule has 1 atom stereocenters. The molecule has 6 nitrogen and oxygen atoms in total. The van der Waals surface area contributed by atoms with Gasteiger partial charge in [-0.3, -0.25) is 9.78 Å². The van der Waals surface area contributed by atoms with Crippen LogP contribution in [0.3, 0.4) is 0 Å². The van der Waals surface area contributed by atoms with Gasteiger partial charge in [0.25, 0.3) is 5.91 Å². The second-order valence-electron chi connectivity index (χ2n) is 4.81. The first-order valence-corrected chi connectivity index (χ1v) is 5.94. The molecule has 1 heterocycles. The number of carbonyl (C=O) groups is 1. The van der Waals surface area contributed by atoms with E-state index >= 15 is 0 Å². The number of nitrogens with one attached hydrogen (secondary N) is 1. The zero-order valence-electron chi connectivity index (χ0n) is 11.3. The van der Waals surface area contributed by atoms with Crippen LogP contribution in [0, 0.1) is 5.92 Å². The number of anilines is 1. The van der Waals surface area contributed by atoms with Crippen LogP contribution >= 0.6 is 0 Å². The summed E-state index contributed by atoms with van der Waals surface area (Å²) in [7, 11) is 4.08. The van der Waals surface area contributed by atoms with Crippen LogP contribution in [-0.4, -0.2) is 47.5 Å². The van der Waals surface area contributed by atoms with Gasteiger partial charge in [0.1, 0.15) is 11.5 Å². The number of primary amides is 1. The Kier molecular flexibility index (Phi) is 5.03. The lowest BCUT2D eigenvalue weighted by Gasteiger charge is -2.28. The number of carbonyl (C=O) groups excluding carboxylic acids is 1. The van der Waals surface area contributed by atoms with E-state index in [0.717, 1.165) is 6.54 Å². The molecule has 0 unspecified atom stereocenters. The molecule has 100 valence electrons. The van der Waals surface area contributed by atoms with Crippen molar-refractivity contribution in [2.24, 2.45) is 11.7 Å².